The number of aromatic nitrogens is 2. The van der Waals surface area contributed by atoms with Gasteiger partial charge in [0.15, 0.2) is 0 Å². The van der Waals surface area contributed by atoms with Crippen LogP contribution in [0.5, 0.6) is 0 Å². The minimum atomic E-state index is 0.207. The van der Waals surface area contributed by atoms with E-state index in [9.17, 15) is 0 Å². The van der Waals surface area contributed by atoms with Crippen LogP contribution in [-0.2, 0) is 6.42 Å². The van der Waals surface area contributed by atoms with E-state index in [-0.39, 0.29) is 6.04 Å². The third-order valence-electron chi connectivity index (χ3n) is 3.95. The molecule has 2 rings (SSSR count). The van der Waals surface area contributed by atoms with Gasteiger partial charge in [0.2, 0.25) is 0 Å². The summed E-state index contributed by atoms with van der Waals surface area (Å²) in [5.41, 5.74) is 8.58. The van der Waals surface area contributed by atoms with E-state index in [1.807, 2.05) is 12.5 Å². The molecule has 0 aliphatic rings. The van der Waals surface area contributed by atoms with Crippen molar-refractivity contribution in [1.82, 2.24) is 14.5 Å². The molecule has 1 aromatic carbocycles. The minimum Gasteiger partial charge on any atom is -0.331 e. The van der Waals surface area contributed by atoms with Crippen molar-refractivity contribution in [1.29, 1.82) is 0 Å². The van der Waals surface area contributed by atoms with Gasteiger partial charge >= 0.3 is 0 Å². The van der Waals surface area contributed by atoms with Crippen molar-refractivity contribution in [3.05, 3.63) is 54.1 Å². The van der Waals surface area contributed by atoms with Crippen molar-refractivity contribution in [2.45, 2.75) is 32.4 Å². The Kier molecular flexibility index (Phi) is 5.53. The van der Waals surface area contributed by atoms with Crippen molar-refractivity contribution in [3.63, 3.8) is 0 Å². The Hall–Kier alpha value is -1.65. The van der Waals surface area contributed by atoms with E-state index >= 15 is 0 Å². The van der Waals surface area contributed by atoms with Gasteiger partial charge in [-0.2, -0.15) is 0 Å². The van der Waals surface area contributed by atoms with Crippen LogP contribution in [0, 0.1) is 0 Å². The van der Waals surface area contributed by atoms with Crippen molar-refractivity contribution in [2.75, 3.05) is 20.1 Å². The molecule has 0 spiro atoms. The highest BCUT2D eigenvalue weighted by Gasteiger charge is 2.20. The number of imidazole rings is 1. The first kappa shape index (κ1) is 15.7. The molecular weight excluding hydrogens is 260 g/mol. The first-order chi connectivity index (χ1) is 10.1. The molecule has 0 aliphatic heterocycles. The molecule has 0 radical (unpaired) electrons. The quantitative estimate of drug-likeness (QED) is 0.851. The van der Waals surface area contributed by atoms with Crippen LogP contribution in [-0.4, -0.2) is 34.6 Å². The Balaban J connectivity index is 2.04. The molecule has 0 bridgehead atoms. The SMILES string of the molecule is CC(C)n1cncc1C(CN)N(C)CCc1ccccc1. The highest BCUT2D eigenvalue weighted by Crippen LogP contribution is 2.21. The van der Waals surface area contributed by atoms with Gasteiger partial charge in [-0.05, 0) is 32.9 Å². The monoisotopic (exact) mass is 286 g/mol. The van der Waals surface area contributed by atoms with E-state index in [2.05, 4.69) is 65.7 Å². The zero-order valence-corrected chi connectivity index (χ0v) is 13.2. The van der Waals surface area contributed by atoms with Crippen LogP contribution in [0.2, 0.25) is 0 Å². The van der Waals surface area contributed by atoms with E-state index in [4.69, 9.17) is 5.73 Å². The molecule has 4 heteroatoms. The maximum atomic E-state index is 6.02. The van der Waals surface area contributed by atoms with Gasteiger partial charge in [-0.25, -0.2) is 4.98 Å². The zero-order valence-electron chi connectivity index (χ0n) is 13.2. The molecule has 0 amide bonds. The lowest BCUT2D eigenvalue weighted by molar-refractivity contribution is 0.241. The fraction of sp³-hybridized carbons (Fsp3) is 0.471. The fourth-order valence-electron chi connectivity index (χ4n) is 2.64. The molecule has 0 fully saturated rings. The van der Waals surface area contributed by atoms with Crippen molar-refractivity contribution in [3.8, 4) is 0 Å². The zero-order chi connectivity index (χ0) is 15.2. The normalized spacial score (nSPS) is 13.0. The Labute approximate surface area is 127 Å². The van der Waals surface area contributed by atoms with Crippen LogP contribution in [0.15, 0.2) is 42.9 Å². The molecule has 1 unspecified atom stereocenters. The first-order valence-electron chi connectivity index (χ1n) is 7.59. The highest BCUT2D eigenvalue weighted by molar-refractivity contribution is 5.15. The van der Waals surface area contributed by atoms with Gasteiger partial charge in [-0.3, -0.25) is 4.90 Å². The number of nitrogens with two attached hydrogens (primary N) is 1. The van der Waals surface area contributed by atoms with Crippen LogP contribution in [0.3, 0.4) is 0 Å². The van der Waals surface area contributed by atoms with Gasteiger partial charge in [0.05, 0.1) is 18.1 Å². The predicted octanol–water partition coefficient (Wildman–Crippen LogP) is 2.64. The number of hydrogen-bond donors (Lipinski definition) is 1. The third-order valence-corrected chi connectivity index (χ3v) is 3.95. The summed E-state index contributed by atoms with van der Waals surface area (Å²) >= 11 is 0. The second kappa shape index (κ2) is 7.38. The van der Waals surface area contributed by atoms with E-state index < -0.39 is 0 Å². The van der Waals surface area contributed by atoms with Crippen LogP contribution < -0.4 is 5.73 Å². The average molecular weight is 286 g/mol. The Morgan fingerprint density at radius 2 is 1.95 bits per heavy atom. The summed E-state index contributed by atoms with van der Waals surface area (Å²) < 4.78 is 2.20. The van der Waals surface area contributed by atoms with Gasteiger partial charge in [-0.1, -0.05) is 30.3 Å². The molecule has 1 atom stereocenters. The maximum absolute atomic E-state index is 6.02. The van der Waals surface area contributed by atoms with E-state index in [0.29, 0.717) is 12.6 Å². The number of likely N-dealkylation sites (N-methyl/N-ethyl adjacent to an activating group) is 1. The summed E-state index contributed by atoms with van der Waals surface area (Å²) in [5.74, 6) is 0. The molecule has 2 N–H and O–H groups in total. The summed E-state index contributed by atoms with van der Waals surface area (Å²) in [7, 11) is 2.14. The van der Waals surface area contributed by atoms with Crippen LogP contribution in [0.1, 0.15) is 37.2 Å². The van der Waals surface area contributed by atoms with Crippen molar-refractivity contribution < 1.29 is 0 Å². The van der Waals surface area contributed by atoms with E-state index in [0.717, 1.165) is 13.0 Å². The number of benzene rings is 1. The van der Waals surface area contributed by atoms with E-state index in [1.165, 1.54) is 11.3 Å². The lowest BCUT2D eigenvalue weighted by Crippen LogP contribution is -2.33. The topological polar surface area (TPSA) is 47.1 Å². The Morgan fingerprint density at radius 3 is 2.57 bits per heavy atom. The Morgan fingerprint density at radius 1 is 1.24 bits per heavy atom. The summed E-state index contributed by atoms with van der Waals surface area (Å²) in [5, 5.41) is 0. The smallest absolute Gasteiger partial charge is 0.0951 e. The highest BCUT2D eigenvalue weighted by atomic mass is 15.2. The molecule has 1 aromatic heterocycles. The number of rotatable bonds is 7. The van der Waals surface area contributed by atoms with Gasteiger partial charge in [0, 0.05) is 25.3 Å². The molecule has 4 nitrogen and oxygen atoms in total. The van der Waals surface area contributed by atoms with Crippen LogP contribution in [0.25, 0.3) is 0 Å². The van der Waals surface area contributed by atoms with Gasteiger partial charge in [0.1, 0.15) is 0 Å². The molecule has 2 aromatic rings. The van der Waals surface area contributed by atoms with E-state index in [1.54, 1.807) is 0 Å². The van der Waals surface area contributed by atoms with Gasteiger partial charge in [-0.15, -0.1) is 0 Å². The fourth-order valence-corrected chi connectivity index (χ4v) is 2.64. The maximum Gasteiger partial charge on any atom is 0.0951 e. The number of hydrogen-bond acceptors (Lipinski definition) is 3. The molecule has 21 heavy (non-hydrogen) atoms. The average Bonchev–Trinajstić information content (AvgIpc) is 2.96. The first-order valence-corrected chi connectivity index (χ1v) is 7.59. The molecule has 0 aliphatic carbocycles. The molecule has 0 saturated heterocycles. The Bertz CT molecular complexity index is 533. The van der Waals surface area contributed by atoms with Crippen LogP contribution in [0.4, 0.5) is 0 Å². The third kappa shape index (κ3) is 3.93. The number of nitrogens with zero attached hydrogens (tertiary/aromatic N) is 3. The lowest BCUT2D eigenvalue weighted by atomic mass is 10.1. The predicted molar refractivity (Wildman–Crippen MR) is 87.2 cm³/mol. The lowest BCUT2D eigenvalue weighted by Gasteiger charge is -2.28. The standard InChI is InChI=1S/C17H26N4/c1-14(2)21-13-19-12-17(21)16(11-18)20(3)10-9-15-7-5-4-6-8-15/h4-8,12-14,16H,9-11,18H2,1-3H3. The molecule has 114 valence electrons. The summed E-state index contributed by atoms with van der Waals surface area (Å²) in [6.07, 6.45) is 4.87. The van der Waals surface area contributed by atoms with Crippen molar-refractivity contribution >= 4 is 0 Å². The molecular formula is C17H26N4. The molecule has 0 saturated carbocycles. The summed E-state index contributed by atoms with van der Waals surface area (Å²) in [6, 6.07) is 11.2. The summed E-state index contributed by atoms with van der Waals surface area (Å²) in [6.45, 7) is 5.92. The molecule has 1 heterocycles. The second-order valence-electron chi connectivity index (χ2n) is 5.79. The van der Waals surface area contributed by atoms with Gasteiger partial charge in [0.25, 0.3) is 0 Å². The summed E-state index contributed by atoms with van der Waals surface area (Å²) in [4.78, 5) is 6.62. The minimum absolute atomic E-state index is 0.207. The van der Waals surface area contributed by atoms with Crippen molar-refractivity contribution in [2.24, 2.45) is 5.73 Å². The van der Waals surface area contributed by atoms with Crippen LogP contribution >= 0.6 is 0 Å². The largest absolute Gasteiger partial charge is 0.331 e. The second-order valence-corrected chi connectivity index (χ2v) is 5.79. The van der Waals surface area contributed by atoms with Gasteiger partial charge < -0.3 is 10.3 Å².